The number of nitrogens with zero attached hydrogens (tertiary/aromatic N) is 3. The highest BCUT2D eigenvalue weighted by molar-refractivity contribution is 7.22. The van der Waals surface area contributed by atoms with Gasteiger partial charge in [-0.25, -0.2) is 4.98 Å². The number of hydrogen-bond donors (Lipinski definition) is 0. The van der Waals surface area contributed by atoms with Crippen molar-refractivity contribution in [2.24, 2.45) is 0 Å². The Morgan fingerprint density at radius 3 is 2.50 bits per heavy atom. The van der Waals surface area contributed by atoms with Crippen LogP contribution in [0.1, 0.15) is 16.8 Å². The summed E-state index contributed by atoms with van der Waals surface area (Å²) in [7, 11) is 5.62. The molecule has 148 valence electrons. The topological polar surface area (TPSA) is 45.7 Å². The van der Waals surface area contributed by atoms with Crippen LogP contribution in [0.2, 0.25) is 10.0 Å². The van der Waals surface area contributed by atoms with Gasteiger partial charge in [-0.15, -0.1) is 0 Å². The molecule has 0 radical (unpaired) electrons. The first kappa shape index (κ1) is 20.9. The molecular formula is C20H21Cl2N3O2S. The van der Waals surface area contributed by atoms with Crippen LogP contribution >= 0.6 is 34.5 Å². The molecule has 1 aromatic heterocycles. The van der Waals surface area contributed by atoms with Gasteiger partial charge in [0.2, 0.25) is 0 Å². The van der Waals surface area contributed by atoms with Crippen molar-refractivity contribution in [1.82, 2.24) is 9.88 Å². The molecule has 3 aromatic rings. The first-order valence-electron chi connectivity index (χ1n) is 8.75. The summed E-state index contributed by atoms with van der Waals surface area (Å²) < 4.78 is 6.37. The van der Waals surface area contributed by atoms with Crippen LogP contribution in [-0.4, -0.2) is 50.1 Å². The summed E-state index contributed by atoms with van der Waals surface area (Å²) in [6, 6.07) is 10.6. The fourth-order valence-corrected chi connectivity index (χ4v) is 4.39. The van der Waals surface area contributed by atoms with Gasteiger partial charge in [-0.3, -0.25) is 9.69 Å². The lowest BCUT2D eigenvalue weighted by atomic mass is 10.2. The molecule has 0 bridgehead atoms. The van der Waals surface area contributed by atoms with Crippen LogP contribution in [0.3, 0.4) is 0 Å². The minimum Gasteiger partial charge on any atom is -0.494 e. The third-order valence-electron chi connectivity index (χ3n) is 4.16. The van der Waals surface area contributed by atoms with E-state index in [-0.39, 0.29) is 5.91 Å². The fourth-order valence-electron chi connectivity index (χ4n) is 2.85. The third-order valence-corrected chi connectivity index (χ3v) is 5.64. The quantitative estimate of drug-likeness (QED) is 0.508. The number of benzene rings is 2. The minimum atomic E-state index is -0.179. The summed E-state index contributed by atoms with van der Waals surface area (Å²) in [6.45, 7) is 1.39. The summed E-state index contributed by atoms with van der Waals surface area (Å²) in [5.41, 5.74) is 1.19. The van der Waals surface area contributed by atoms with Gasteiger partial charge in [0.25, 0.3) is 5.91 Å². The number of aromatic nitrogens is 1. The molecule has 0 spiro atoms. The fraction of sp³-hybridized carbons (Fsp3) is 0.300. The molecule has 5 nitrogen and oxygen atoms in total. The van der Waals surface area contributed by atoms with Gasteiger partial charge in [0.15, 0.2) is 5.13 Å². The maximum Gasteiger partial charge on any atom is 0.260 e. The van der Waals surface area contributed by atoms with E-state index in [1.165, 1.54) is 11.3 Å². The first-order chi connectivity index (χ1) is 13.4. The van der Waals surface area contributed by atoms with Gasteiger partial charge in [0.05, 0.1) is 11.8 Å². The van der Waals surface area contributed by atoms with Gasteiger partial charge in [0, 0.05) is 22.2 Å². The number of anilines is 1. The van der Waals surface area contributed by atoms with Crippen molar-refractivity contribution in [1.29, 1.82) is 0 Å². The largest absolute Gasteiger partial charge is 0.494 e. The highest BCUT2D eigenvalue weighted by Crippen LogP contribution is 2.35. The van der Waals surface area contributed by atoms with E-state index in [2.05, 4.69) is 4.90 Å². The van der Waals surface area contributed by atoms with Crippen molar-refractivity contribution >= 4 is 55.8 Å². The van der Waals surface area contributed by atoms with E-state index < -0.39 is 0 Å². The molecular weight excluding hydrogens is 417 g/mol. The molecule has 0 unspecified atom stereocenters. The Morgan fingerprint density at radius 2 is 1.86 bits per heavy atom. The molecule has 3 rings (SSSR count). The van der Waals surface area contributed by atoms with Gasteiger partial charge in [-0.05, 0) is 57.4 Å². The lowest BCUT2D eigenvalue weighted by molar-refractivity contribution is 0.0986. The lowest BCUT2D eigenvalue weighted by Crippen LogP contribution is -2.33. The first-order valence-corrected chi connectivity index (χ1v) is 10.3. The van der Waals surface area contributed by atoms with Crippen LogP contribution in [0.15, 0.2) is 36.4 Å². The van der Waals surface area contributed by atoms with E-state index in [0.29, 0.717) is 33.0 Å². The standard InChI is InChI=1S/C20H21Cl2N3O2S/c1-24(2)8-5-9-25(19(26)13-10-14(21)12-15(22)11-13)20-23-18-16(27-3)6-4-7-17(18)28-20/h4,6-7,10-12H,5,8-9H2,1-3H3. The number of carbonyl (C=O) groups is 1. The van der Waals surface area contributed by atoms with Crippen LogP contribution in [0.4, 0.5) is 5.13 Å². The predicted octanol–water partition coefficient (Wildman–Crippen LogP) is 5.21. The van der Waals surface area contributed by atoms with Crippen molar-refractivity contribution in [3.63, 3.8) is 0 Å². The van der Waals surface area contributed by atoms with Crippen molar-refractivity contribution in [3.05, 3.63) is 52.0 Å². The molecule has 0 fully saturated rings. The SMILES string of the molecule is COc1cccc2sc(N(CCCN(C)C)C(=O)c3cc(Cl)cc(Cl)c3)nc12. The van der Waals surface area contributed by atoms with Crippen molar-refractivity contribution in [2.45, 2.75) is 6.42 Å². The smallest absolute Gasteiger partial charge is 0.260 e. The normalized spacial score (nSPS) is 11.2. The molecule has 2 aromatic carbocycles. The second-order valence-corrected chi connectivity index (χ2v) is 8.46. The molecule has 0 aliphatic carbocycles. The Bertz CT molecular complexity index is 970. The molecule has 0 aliphatic rings. The molecule has 0 atom stereocenters. The zero-order chi connectivity index (χ0) is 20.3. The predicted molar refractivity (Wildman–Crippen MR) is 117 cm³/mol. The second-order valence-electron chi connectivity index (χ2n) is 6.58. The summed E-state index contributed by atoms with van der Waals surface area (Å²) in [5.74, 6) is 0.507. The number of fused-ring (bicyclic) bond motifs is 1. The van der Waals surface area contributed by atoms with Crippen LogP contribution < -0.4 is 9.64 Å². The minimum absolute atomic E-state index is 0.179. The van der Waals surface area contributed by atoms with E-state index in [1.54, 1.807) is 30.2 Å². The maximum absolute atomic E-state index is 13.3. The van der Waals surface area contributed by atoms with E-state index in [9.17, 15) is 4.79 Å². The van der Waals surface area contributed by atoms with Gasteiger partial charge in [0.1, 0.15) is 11.3 Å². The Kier molecular flexibility index (Phi) is 6.78. The average Bonchev–Trinajstić information content (AvgIpc) is 3.07. The number of carbonyl (C=O) groups excluding carboxylic acids is 1. The highest BCUT2D eigenvalue weighted by Gasteiger charge is 2.22. The Balaban J connectivity index is 2.00. The lowest BCUT2D eigenvalue weighted by Gasteiger charge is -2.21. The summed E-state index contributed by atoms with van der Waals surface area (Å²) in [4.78, 5) is 21.8. The molecule has 1 amide bonds. The number of para-hydroxylation sites is 1. The number of halogens is 2. The Labute approximate surface area is 178 Å². The number of rotatable bonds is 7. The third kappa shape index (κ3) is 4.75. The van der Waals surface area contributed by atoms with Crippen LogP contribution in [-0.2, 0) is 0 Å². The van der Waals surface area contributed by atoms with E-state index in [0.717, 1.165) is 23.2 Å². The van der Waals surface area contributed by atoms with Gasteiger partial charge in [-0.1, -0.05) is 40.6 Å². The van der Waals surface area contributed by atoms with E-state index in [1.807, 2.05) is 32.3 Å². The maximum atomic E-state index is 13.3. The van der Waals surface area contributed by atoms with Crippen molar-refractivity contribution in [2.75, 3.05) is 39.2 Å². The van der Waals surface area contributed by atoms with Gasteiger partial charge in [-0.2, -0.15) is 0 Å². The number of methoxy groups -OCH3 is 1. The number of thiazole rings is 1. The van der Waals surface area contributed by atoms with Gasteiger partial charge >= 0.3 is 0 Å². The molecule has 0 saturated carbocycles. The average molecular weight is 438 g/mol. The highest BCUT2D eigenvalue weighted by atomic mass is 35.5. The zero-order valence-electron chi connectivity index (χ0n) is 15.9. The summed E-state index contributed by atoms with van der Waals surface area (Å²) in [5, 5.41) is 1.48. The Hall–Kier alpha value is -1.86. The van der Waals surface area contributed by atoms with Crippen molar-refractivity contribution in [3.8, 4) is 5.75 Å². The van der Waals surface area contributed by atoms with Crippen LogP contribution in [0, 0.1) is 0 Å². The number of ether oxygens (including phenoxy) is 1. The van der Waals surface area contributed by atoms with Crippen LogP contribution in [0.5, 0.6) is 5.75 Å². The number of amides is 1. The molecule has 0 saturated heterocycles. The molecule has 0 N–H and O–H groups in total. The van der Waals surface area contributed by atoms with Gasteiger partial charge < -0.3 is 9.64 Å². The zero-order valence-corrected chi connectivity index (χ0v) is 18.2. The van der Waals surface area contributed by atoms with Crippen LogP contribution in [0.25, 0.3) is 10.2 Å². The monoisotopic (exact) mass is 437 g/mol. The molecule has 8 heteroatoms. The molecule has 1 heterocycles. The molecule has 28 heavy (non-hydrogen) atoms. The van der Waals surface area contributed by atoms with Crippen molar-refractivity contribution < 1.29 is 9.53 Å². The molecule has 0 aliphatic heterocycles. The summed E-state index contributed by atoms with van der Waals surface area (Å²) in [6.07, 6.45) is 0.806. The summed E-state index contributed by atoms with van der Waals surface area (Å²) >= 11 is 13.7. The second kappa shape index (κ2) is 9.09. The Morgan fingerprint density at radius 1 is 1.14 bits per heavy atom. The van der Waals surface area contributed by atoms with E-state index in [4.69, 9.17) is 32.9 Å². The number of hydrogen-bond acceptors (Lipinski definition) is 5. The van der Waals surface area contributed by atoms with E-state index >= 15 is 0 Å².